The third-order valence-electron chi connectivity index (χ3n) is 3.67. The van der Waals surface area contributed by atoms with Crippen molar-refractivity contribution in [2.45, 2.75) is 19.8 Å². The third-order valence-corrected chi connectivity index (χ3v) is 3.67. The van der Waals surface area contributed by atoms with Crippen LogP contribution in [0.4, 0.5) is 4.39 Å². The Morgan fingerprint density at radius 1 is 1.05 bits per heavy atom. The van der Waals surface area contributed by atoms with Gasteiger partial charge < -0.3 is 5.32 Å². The van der Waals surface area contributed by atoms with E-state index in [1.165, 1.54) is 11.1 Å². The zero-order valence-electron chi connectivity index (χ0n) is 12.2. The first-order valence-corrected chi connectivity index (χ1v) is 7.12. The van der Waals surface area contributed by atoms with Gasteiger partial charge in [0.1, 0.15) is 5.82 Å². The second-order valence-corrected chi connectivity index (χ2v) is 5.39. The van der Waals surface area contributed by atoms with Crippen LogP contribution in [0.2, 0.25) is 0 Å². The van der Waals surface area contributed by atoms with Gasteiger partial charge >= 0.3 is 0 Å². The summed E-state index contributed by atoms with van der Waals surface area (Å²) in [4.78, 5) is 0. The molecule has 0 amide bonds. The van der Waals surface area contributed by atoms with Crippen LogP contribution in [0, 0.1) is 18.7 Å². The van der Waals surface area contributed by atoms with Gasteiger partial charge in [0.2, 0.25) is 0 Å². The maximum absolute atomic E-state index is 13.2. The number of nitrogens with one attached hydrogen (secondary N) is 1. The first-order valence-electron chi connectivity index (χ1n) is 7.12. The first kappa shape index (κ1) is 14.7. The maximum Gasteiger partial charge on any atom is 0.123 e. The fraction of sp³-hybridized carbons (Fsp3) is 0.333. The summed E-state index contributed by atoms with van der Waals surface area (Å²) >= 11 is 0. The van der Waals surface area contributed by atoms with Crippen LogP contribution in [-0.2, 0) is 12.8 Å². The van der Waals surface area contributed by atoms with Crippen LogP contribution in [0.1, 0.15) is 16.7 Å². The molecule has 0 heterocycles. The van der Waals surface area contributed by atoms with Crippen LogP contribution in [-0.4, -0.2) is 13.6 Å². The van der Waals surface area contributed by atoms with Crippen molar-refractivity contribution < 1.29 is 4.39 Å². The molecule has 2 rings (SSSR count). The van der Waals surface area contributed by atoms with Crippen molar-refractivity contribution in [2.75, 3.05) is 13.6 Å². The van der Waals surface area contributed by atoms with Crippen molar-refractivity contribution in [2.24, 2.45) is 5.92 Å². The Labute approximate surface area is 120 Å². The van der Waals surface area contributed by atoms with Gasteiger partial charge in [-0.3, -0.25) is 0 Å². The van der Waals surface area contributed by atoms with Crippen LogP contribution < -0.4 is 5.32 Å². The Bertz CT molecular complexity index is 536. The molecule has 1 nitrogen and oxygen atoms in total. The normalized spacial score (nSPS) is 12.3. The van der Waals surface area contributed by atoms with Crippen LogP contribution in [0.3, 0.4) is 0 Å². The second-order valence-electron chi connectivity index (χ2n) is 5.39. The summed E-state index contributed by atoms with van der Waals surface area (Å²) in [7, 11) is 1.98. The minimum absolute atomic E-state index is 0.153. The molecule has 2 aromatic carbocycles. The van der Waals surface area contributed by atoms with Crippen LogP contribution >= 0.6 is 0 Å². The van der Waals surface area contributed by atoms with Gasteiger partial charge in [0.25, 0.3) is 0 Å². The molecule has 0 saturated heterocycles. The van der Waals surface area contributed by atoms with E-state index in [2.05, 4.69) is 29.6 Å². The predicted octanol–water partition coefficient (Wildman–Crippen LogP) is 3.75. The highest BCUT2D eigenvalue weighted by Crippen LogP contribution is 2.18. The minimum Gasteiger partial charge on any atom is -0.319 e. The topological polar surface area (TPSA) is 12.0 Å². The molecule has 0 bridgehead atoms. The lowest BCUT2D eigenvalue weighted by Crippen LogP contribution is -2.23. The molecule has 0 radical (unpaired) electrons. The zero-order valence-corrected chi connectivity index (χ0v) is 12.2. The molecular formula is C18H22FN. The summed E-state index contributed by atoms with van der Waals surface area (Å²) in [5.41, 5.74) is 3.63. The van der Waals surface area contributed by atoms with Gasteiger partial charge in [-0.05, 0) is 68.1 Å². The summed E-state index contributed by atoms with van der Waals surface area (Å²) in [6.07, 6.45) is 2.01. The molecule has 1 atom stereocenters. The summed E-state index contributed by atoms with van der Waals surface area (Å²) in [5, 5.41) is 3.27. The maximum atomic E-state index is 13.2. The molecule has 0 fully saturated rings. The molecule has 0 aliphatic rings. The lowest BCUT2D eigenvalue weighted by Gasteiger charge is -2.18. The summed E-state index contributed by atoms with van der Waals surface area (Å²) in [6, 6.07) is 15.6. The lowest BCUT2D eigenvalue weighted by atomic mass is 9.90. The smallest absolute Gasteiger partial charge is 0.123 e. The van der Waals surface area contributed by atoms with E-state index in [1.807, 2.05) is 26.1 Å². The van der Waals surface area contributed by atoms with Crippen LogP contribution in [0.15, 0.2) is 48.5 Å². The van der Waals surface area contributed by atoms with Gasteiger partial charge in [-0.2, -0.15) is 0 Å². The van der Waals surface area contributed by atoms with Crippen molar-refractivity contribution in [3.05, 3.63) is 71.0 Å². The molecule has 2 aromatic rings. The molecule has 106 valence electrons. The van der Waals surface area contributed by atoms with Crippen molar-refractivity contribution in [3.8, 4) is 0 Å². The highest BCUT2D eigenvalue weighted by atomic mass is 19.1. The first-order chi connectivity index (χ1) is 9.69. The van der Waals surface area contributed by atoms with Crippen molar-refractivity contribution in [3.63, 3.8) is 0 Å². The molecule has 0 aliphatic carbocycles. The fourth-order valence-electron chi connectivity index (χ4n) is 2.65. The van der Waals surface area contributed by atoms with Gasteiger partial charge in [0, 0.05) is 0 Å². The minimum atomic E-state index is -0.153. The van der Waals surface area contributed by atoms with E-state index in [4.69, 9.17) is 0 Å². The third kappa shape index (κ3) is 4.17. The molecular weight excluding hydrogens is 249 g/mol. The number of benzene rings is 2. The number of rotatable bonds is 6. The average molecular weight is 271 g/mol. The van der Waals surface area contributed by atoms with E-state index in [-0.39, 0.29) is 5.82 Å². The Morgan fingerprint density at radius 3 is 2.45 bits per heavy atom. The summed E-state index contributed by atoms with van der Waals surface area (Å²) in [5.74, 6) is 0.367. The SMILES string of the molecule is CNCC(Cc1ccccc1)Cc1ccc(F)cc1C. The number of hydrogen-bond acceptors (Lipinski definition) is 1. The molecule has 0 aliphatic heterocycles. The van der Waals surface area contributed by atoms with Gasteiger partial charge in [-0.15, -0.1) is 0 Å². The number of halogens is 1. The van der Waals surface area contributed by atoms with Gasteiger partial charge in [-0.25, -0.2) is 4.39 Å². The lowest BCUT2D eigenvalue weighted by molar-refractivity contribution is 0.491. The highest BCUT2D eigenvalue weighted by Gasteiger charge is 2.12. The van der Waals surface area contributed by atoms with E-state index in [0.29, 0.717) is 5.92 Å². The van der Waals surface area contributed by atoms with Gasteiger partial charge in [-0.1, -0.05) is 36.4 Å². The Balaban J connectivity index is 2.09. The monoisotopic (exact) mass is 271 g/mol. The standard InChI is InChI=1S/C18H22FN/c1-14-10-18(19)9-8-17(14)12-16(13-20-2)11-15-6-4-3-5-7-15/h3-10,16,20H,11-13H2,1-2H3. The second kappa shape index (κ2) is 7.20. The molecule has 20 heavy (non-hydrogen) atoms. The zero-order chi connectivity index (χ0) is 14.4. The van der Waals surface area contributed by atoms with Crippen LogP contribution in [0.5, 0.6) is 0 Å². The van der Waals surface area contributed by atoms with Gasteiger partial charge in [0.15, 0.2) is 0 Å². The molecule has 1 N–H and O–H groups in total. The molecule has 0 spiro atoms. The van der Waals surface area contributed by atoms with Crippen molar-refractivity contribution in [1.29, 1.82) is 0 Å². The fourth-order valence-corrected chi connectivity index (χ4v) is 2.65. The van der Waals surface area contributed by atoms with Crippen LogP contribution in [0.25, 0.3) is 0 Å². The van der Waals surface area contributed by atoms with E-state index >= 15 is 0 Å². The Kier molecular flexibility index (Phi) is 5.31. The quantitative estimate of drug-likeness (QED) is 0.843. The van der Waals surface area contributed by atoms with E-state index in [1.54, 1.807) is 12.1 Å². The van der Waals surface area contributed by atoms with E-state index < -0.39 is 0 Å². The highest BCUT2D eigenvalue weighted by molar-refractivity contribution is 5.27. The molecule has 1 unspecified atom stereocenters. The molecule has 2 heteroatoms. The van der Waals surface area contributed by atoms with Crippen molar-refractivity contribution >= 4 is 0 Å². The van der Waals surface area contributed by atoms with E-state index in [9.17, 15) is 4.39 Å². The largest absolute Gasteiger partial charge is 0.319 e. The predicted molar refractivity (Wildman–Crippen MR) is 82.4 cm³/mol. The average Bonchev–Trinajstić information content (AvgIpc) is 2.43. The van der Waals surface area contributed by atoms with Crippen molar-refractivity contribution in [1.82, 2.24) is 5.32 Å². The number of aryl methyl sites for hydroxylation is 1. The molecule has 0 aromatic heterocycles. The van der Waals surface area contributed by atoms with Gasteiger partial charge in [0.05, 0.1) is 0 Å². The van der Waals surface area contributed by atoms with E-state index in [0.717, 1.165) is 24.9 Å². The Morgan fingerprint density at radius 2 is 1.80 bits per heavy atom. The Hall–Kier alpha value is -1.67. The summed E-state index contributed by atoms with van der Waals surface area (Å²) < 4.78 is 13.2. The number of hydrogen-bond donors (Lipinski definition) is 1. The molecule has 0 saturated carbocycles. The summed E-state index contributed by atoms with van der Waals surface area (Å²) in [6.45, 7) is 2.95.